The Balaban J connectivity index is 1.41. The first-order chi connectivity index (χ1) is 16.7. The first-order valence-corrected chi connectivity index (χ1v) is 11.9. The molecule has 7 nitrogen and oxygen atoms in total. The Bertz CT molecular complexity index is 1380. The molecule has 5 rings (SSSR count). The van der Waals surface area contributed by atoms with Crippen molar-refractivity contribution >= 4 is 39.9 Å². The SMILES string of the molecule is C[C@H](Oc1ccc2[nH]nc(-c3cnc(N4CC(C)(N(C)C)C4)c(F)c3)c2c1)c1c(Cl)cncc1Cl. The first-order valence-electron chi connectivity index (χ1n) is 11.2. The Morgan fingerprint density at radius 3 is 2.51 bits per heavy atom. The molecule has 1 atom stereocenters. The van der Waals surface area contributed by atoms with Gasteiger partial charge >= 0.3 is 0 Å². The summed E-state index contributed by atoms with van der Waals surface area (Å²) < 4.78 is 21.2. The molecule has 1 fully saturated rings. The Morgan fingerprint density at radius 1 is 1.14 bits per heavy atom. The van der Waals surface area contributed by atoms with Gasteiger partial charge in [0.05, 0.1) is 21.1 Å². The molecule has 0 unspecified atom stereocenters. The normalized spacial score (nSPS) is 15.9. The smallest absolute Gasteiger partial charge is 0.166 e. The standard InChI is InChI=1S/C25H25Cl2FN6O/c1-14(22-18(26)10-29-11-19(22)27)35-16-5-6-21-17(8-16)23(32-31-21)15-7-20(28)24(30-9-15)34-12-25(2,13-34)33(3)4/h5-11,14H,12-13H2,1-4H3,(H,31,32)/t14-/m0/s1. The summed E-state index contributed by atoms with van der Waals surface area (Å²) in [6, 6.07) is 7.04. The summed E-state index contributed by atoms with van der Waals surface area (Å²) in [5.74, 6) is 0.588. The highest BCUT2D eigenvalue weighted by atomic mass is 35.5. The van der Waals surface area contributed by atoms with E-state index in [1.165, 1.54) is 18.5 Å². The molecule has 0 aliphatic carbocycles. The molecule has 0 radical (unpaired) electrons. The number of pyridine rings is 2. The summed E-state index contributed by atoms with van der Waals surface area (Å²) in [5.41, 5.74) is 2.66. The van der Waals surface area contributed by atoms with Gasteiger partial charge < -0.3 is 14.5 Å². The summed E-state index contributed by atoms with van der Waals surface area (Å²) in [6.45, 7) is 5.46. The van der Waals surface area contributed by atoms with Crippen molar-refractivity contribution in [1.29, 1.82) is 0 Å². The zero-order chi connectivity index (χ0) is 24.9. The number of fused-ring (bicyclic) bond motifs is 1. The van der Waals surface area contributed by atoms with E-state index in [0.29, 0.717) is 38.4 Å². The predicted molar refractivity (Wildman–Crippen MR) is 137 cm³/mol. The largest absolute Gasteiger partial charge is 0.486 e. The summed E-state index contributed by atoms with van der Waals surface area (Å²) in [7, 11) is 4.07. The second kappa shape index (κ2) is 8.93. The number of anilines is 1. The van der Waals surface area contributed by atoms with E-state index < -0.39 is 6.10 Å². The number of nitrogens with zero attached hydrogens (tertiary/aromatic N) is 5. The van der Waals surface area contributed by atoms with Crippen molar-refractivity contribution in [3.05, 3.63) is 64.3 Å². The summed E-state index contributed by atoms with van der Waals surface area (Å²) >= 11 is 12.6. The minimum Gasteiger partial charge on any atom is -0.486 e. The van der Waals surface area contributed by atoms with Gasteiger partial charge in [-0.3, -0.25) is 10.1 Å². The maximum Gasteiger partial charge on any atom is 0.166 e. The number of hydrogen-bond donors (Lipinski definition) is 1. The van der Waals surface area contributed by atoms with Crippen molar-refractivity contribution in [2.75, 3.05) is 32.1 Å². The van der Waals surface area contributed by atoms with Crippen molar-refractivity contribution in [1.82, 2.24) is 25.1 Å². The predicted octanol–water partition coefficient (Wildman–Crippen LogP) is 5.75. The lowest BCUT2D eigenvalue weighted by Crippen LogP contribution is -2.67. The van der Waals surface area contributed by atoms with E-state index in [4.69, 9.17) is 27.9 Å². The first kappa shape index (κ1) is 23.8. The van der Waals surface area contributed by atoms with Crippen LogP contribution in [0, 0.1) is 5.82 Å². The molecule has 1 aliphatic rings. The molecule has 35 heavy (non-hydrogen) atoms. The average Bonchev–Trinajstić information content (AvgIpc) is 3.20. The van der Waals surface area contributed by atoms with Gasteiger partial charge in [0.2, 0.25) is 0 Å². The van der Waals surface area contributed by atoms with E-state index in [1.54, 1.807) is 6.20 Å². The van der Waals surface area contributed by atoms with Gasteiger partial charge in [0, 0.05) is 48.2 Å². The molecule has 1 aromatic carbocycles. The number of nitrogens with one attached hydrogen (secondary N) is 1. The van der Waals surface area contributed by atoms with Gasteiger partial charge in [-0.25, -0.2) is 9.37 Å². The molecule has 0 amide bonds. The number of ether oxygens (including phenoxy) is 1. The molecular formula is C25H25Cl2FN6O. The molecule has 1 N–H and O–H groups in total. The van der Waals surface area contributed by atoms with Gasteiger partial charge in [0.15, 0.2) is 11.6 Å². The lowest BCUT2D eigenvalue weighted by Gasteiger charge is -2.52. The van der Waals surface area contributed by atoms with Gasteiger partial charge in [-0.2, -0.15) is 5.10 Å². The number of likely N-dealkylation sites (N-methyl/N-ethyl adjacent to an activating group) is 1. The highest BCUT2D eigenvalue weighted by Gasteiger charge is 2.42. The van der Waals surface area contributed by atoms with E-state index in [-0.39, 0.29) is 11.4 Å². The van der Waals surface area contributed by atoms with Crippen LogP contribution in [0.5, 0.6) is 5.75 Å². The van der Waals surface area contributed by atoms with Gasteiger partial charge in [-0.05, 0) is 52.2 Å². The van der Waals surface area contributed by atoms with Crippen molar-refractivity contribution in [3.63, 3.8) is 0 Å². The second-order valence-electron chi connectivity index (χ2n) is 9.33. The van der Waals surface area contributed by atoms with Crippen molar-refractivity contribution < 1.29 is 9.13 Å². The third-order valence-electron chi connectivity index (χ3n) is 6.68. The lowest BCUT2D eigenvalue weighted by molar-refractivity contribution is 0.132. The average molecular weight is 515 g/mol. The highest BCUT2D eigenvalue weighted by Crippen LogP contribution is 2.36. The minimum atomic E-state index is -0.409. The molecule has 1 aliphatic heterocycles. The van der Waals surface area contributed by atoms with Gasteiger partial charge in [0.25, 0.3) is 0 Å². The fourth-order valence-electron chi connectivity index (χ4n) is 4.36. The number of aromatic nitrogens is 4. The van der Waals surface area contributed by atoms with Crippen molar-refractivity contribution in [3.8, 4) is 17.0 Å². The quantitative estimate of drug-likeness (QED) is 0.353. The van der Waals surface area contributed by atoms with Crippen LogP contribution in [-0.4, -0.2) is 57.8 Å². The number of hydrogen-bond acceptors (Lipinski definition) is 6. The lowest BCUT2D eigenvalue weighted by atomic mass is 9.91. The molecule has 0 bridgehead atoms. The topological polar surface area (TPSA) is 70.2 Å². The number of aromatic amines is 1. The van der Waals surface area contributed by atoms with Crippen LogP contribution in [0.3, 0.4) is 0 Å². The fraction of sp³-hybridized carbons (Fsp3) is 0.320. The van der Waals surface area contributed by atoms with Crippen molar-refractivity contribution in [2.45, 2.75) is 25.5 Å². The van der Waals surface area contributed by atoms with E-state index in [9.17, 15) is 0 Å². The van der Waals surface area contributed by atoms with Crippen LogP contribution in [0.1, 0.15) is 25.5 Å². The van der Waals surface area contributed by atoms with Crippen LogP contribution in [0.4, 0.5) is 10.2 Å². The Morgan fingerprint density at radius 2 is 1.86 bits per heavy atom. The molecule has 4 aromatic rings. The molecule has 3 aromatic heterocycles. The molecule has 0 spiro atoms. The monoisotopic (exact) mass is 514 g/mol. The zero-order valence-electron chi connectivity index (χ0n) is 19.8. The Hall–Kier alpha value is -2.94. The summed E-state index contributed by atoms with van der Waals surface area (Å²) in [6.07, 6.45) is 4.32. The maximum absolute atomic E-state index is 15.1. The van der Waals surface area contributed by atoms with E-state index in [0.717, 1.165) is 24.0 Å². The van der Waals surface area contributed by atoms with Gasteiger partial charge in [0.1, 0.15) is 17.5 Å². The van der Waals surface area contributed by atoms with Crippen LogP contribution in [0.15, 0.2) is 42.9 Å². The third-order valence-corrected chi connectivity index (χ3v) is 7.28. The number of halogens is 3. The maximum atomic E-state index is 15.1. The van der Waals surface area contributed by atoms with Gasteiger partial charge in [-0.1, -0.05) is 23.2 Å². The van der Waals surface area contributed by atoms with Crippen LogP contribution in [0.2, 0.25) is 10.0 Å². The van der Waals surface area contributed by atoms with Crippen LogP contribution >= 0.6 is 23.2 Å². The third kappa shape index (κ3) is 4.30. The number of H-pyrrole nitrogens is 1. The fourth-order valence-corrected chi connectivity index (χ4v) is 5.03. The molecular weight excluding hydrogens is 490 g/mol. The molecule has 0 saturated carbocycles. The van der Waals surface area contributed by atoms with E-state index in [2.05, 4.69) is 32.0 Å². The van der Waals surface area contributed by atoms with Crippen LogP contribution in [-0.2, 0) is 0 Å². The minimum absolute atomic E-state index is 0.0173. The number of rotatable bonds is 6. The molecule has 10 heteroatoms. The molecule has 182 valence electrons. The van der Waals surface area contributed by atoms with Crippen molar-refractivity contribution in [2.24, 2.45) is 0 Å². The van der Waals surface area contributed by atoms with Crippen LogP contribution in [0.25, 0.3) is 22.2 Å². The summed E-state index contributed by atoms with van der Waals surface area (Å²) in [4.78, 5) is 12.5. The molecule has 1 saturated heterocycles. The number of benzene rings is 1. The molecule has 4 heterocycles. The van der Waals surface area contributed by atoms with E-state index >= 15 is 4.39 Å². The Kier molecular flexibility index (Phi) is 6.07. The van der Waals surface area contributed by atoms with Crippen LogP contribution < -0.4 is 9.64 Å². The second-order valence-corrected chi connectivity index (χ2v) is 10.1. The highest BCUT2D eigenvalue weighted by molar-refractivity contribution is 6.35. The summed E-state index contributed by atoms with van der Waals surface area (Å²) in [5, 5.41) is 9.07. The van der Waals surface area contributed by atoms with Gasteiger partial charge in [-0.15, -0.1) is 0 Å². The Labute approximate surface area is 212 Å². The van der Waals surface area contributed by atoms with E-state index in [1.807, 2.05) is 44.1 Å². The zero-order valence-corrected chi connectivity index (χ0v) is 21.3.